The first kappa shape index (κ1) is 32.0. The second-order valence-electron chi connectivity index (χ2n) is 9.86. The van der Waals surface area contributed by atoms with Crippen LogP contribution in [0.15, 0.2) is 41.1 Å². The highest BCUT2D eigenvalue weighted by Crippen LogP contribution is 2.52. The molecule has 3 rings (SSSR count). The highest BCUT2D eigenvalue weighted by molar-refractivity contribution is 8.03. The Balaban J connectivity index is 1.85. The van der Waals surface area contributed by atoms with Crippen LogP contribution in [-0.2, 0) is 19.1 Å². The third kappa shape index (κ3) is 7.02. The summed E-state index contributed by atoms with van der Waals surface area (Å²) in [6, 6.07) is -1.64. The topological polar surface area (TPSA) is 190 Å². The van der Waals surface area contributed by atoms with Gasteiger partial charge < -0.3 is 40.0 Å². The van der Waals surface area contributed by atoms with Crippen molar-refractivity contribution in [1.82, 2.24) is 20.4 Å². The first-order chi connectivity index (χ1) is 19.6. The van der Waals surface area contributed by atoms with Gasteiger partial charge in [-0.2, -0.15) is 0 Å². The smallest absolute Gasteiger partial charge is 0.410 e. The summed E-state index contributed by atoms with van der Waals surface area (Å²) in [6.45, 7) is 10.4. The minimum absolute atomic E-state index is 0.00597. The maximum atomic E-state index is 13.1. The fourth-order valence-corrected chi connectivity index (χ4v) is 6.89. The van der Waals surface area contributed by atoms with Crippen LogP contribution in [0.1, 0.15) is 26.7 Å². The number of hydrogen-bond acceptors (Lipinski definition) is 11. The molecule has 3 heterocycles. The Bertz CT molecular complexity index is 1110. The fourth-order valence-electron chi connectivity index (χ4n) is 5.33. The Labute approximate surface area is 242 Å². The number of urea groups is 1. The number of rotatable bonds is 12. The molecule has 6 atom stereocenters. The predicted molar refractivity (Wildman–Crippen MR) is 149 cm³/mol. The summed E-state index contributed by atoms with van der Waals surface area (Å²) in [5.74, 6) is -2.07. The molecule has 0 unspecified atom stereocenters. The summed E-state index contributed by atoms with van der Waals surface area (Å²) in [5.41, 5.74) is 0.125. The van der Waals surface area contributed by atoms with Crippen molar-refractivity contribution in [1.29, 1.82) is 0 Å². The number of fused-ring (bicyclic) bond motifs is 1. The molecule has 0 aromatic rings. The van der Waals surface area contributed by atoms with Gasteiger partial charge in [-0.05, 0) is 13.3 Å². The maximum absolute atomic E-state index is 13.1. The molecule has 0 spiro atoms. The molecule has 41 heavy (non-hydrogen) atoms. The SMILES string of the molecule is C=CCOC(=O)C1=C(S[C@H]2C[C@@H](C/C(=N/O)NC(=O)NCCO)N(C(=O)OCC=C)C2)[C@H](C)[C@@H]2[C@H]([C@@H](C)O)C(=O)N12. The van der Waals surface area contributed by atoms with Crippen molar-refractivity contribution >= 4 is 41.6 Å². The summed E-state index contributed by atoms with van der Waals surface area (Å²) in [5, 5.41) is 36.3. The van der Waals surface area contributed by atoms with Gasteiger partial charge in [0.1, 0.15) is 18.9 Å². The minimum atomic E-state index is -0.898. The fraction of sp³-hybridized carbons (Fsp3) is 0.577. The number of nitrogens with zero attached hydrogens (tertiary/aromatic N) is 3. The maximum Gasteiger partial charge on any atom is 0.410 e. The molecular formula is C26H37N5O9S. The van der Waals surface area contributed by atoms with Gasteiger partial charge in [-0.25, -0.2) is 14.4 Å². The monoisotopic (exact) mass is 595 g/mol. The van der Waals surface area contributed by atoms with Crippen molar-refractivity contribution < 1.29 is 44.1 Å². The number of ether oxygens (including phenoxy) is 2. The molecule has 0 bridgehead atoms. The molecule has 0 aromatic carbocycles. The van der Waals surface area contributed by atoms with E-state index >= 15 is 0 Å². The number of amides is 4. The highest BCUT2D eigenvalue weighted by atomic mass is 32.2. The summed E-state index contributed by atoms with van der Waals surface area (Å²) in [6.07, 6.45) is 1.66. The van der Waals surface area contributed by atoms with Crippen LogP contribution in [0.25, 0.3) is 0 Å². The number of β-lactam (4-membered cyclic amide) rings is 1. The Morgan fingerprint density at radius 2 is 1.93 bits per heavy atom. The summed E-state index contributed by atoms with van der Waals surface area (Å²) in [7, 11) is 0. The van der Waals surface area contributed by atoms with Crippen LogP contribution in [-0.4, -0.2) is 111 Å². The average Bonchev–Trinajstić information content (AvgIpc) is 3.44. The number of hydrogen-bond donors (Lipinski definition) is 5. The first-order valence-electron chi connectivity index (χ1n) is 13.2. The Hall–Kier alpha value is -3.56. The quantitative estimate of drug-likeness (QED) is 0.0409. The number of aliphatic hydroxyl groups excluding tert-OH is 2. The van der Waals surface area contributed by atoms with Crippen molar-refractivity contribution in [3.8, 4) is 0 Å². The van der Waals surface area contributed by atoms with E-state index in [1.807, 2.05) is 6.92 Å². The zero-order chi connectivity index (χ0) is 30.3. The number of thioether (sulfide) groups is 1. The zero-order valence-electron chi connectivity index (χ0n) is 23.0. The van der Waals surface area contributed by atoms with E-state index in [4.69, 9.17) is 14.6 Å². The van der Waals surface area contributed by atoms with E-state index in [-0.39, 0.29) is 67.9 Å². The molecule has 4 amide bonds. The molecule has 0 aliphatic carbocycles. The number of esters is 1. The van der Waals surface area contributed by atoms with Crippen LogP contribution in [0.2, 0.25) is 0 Å². The van der Waals surface area contributed by atoms with Gasteiger partial charge in [0.15, 0.2) is 5.84 Å². The molecule has 14 nitrogen and oxygen atoms in total. The van der Waals surface area contributed by atoms with Crippen LogP contribution in [0, 0.1) is 11.8 Å². The van der Waals surface area contributed by atoms with Gasteiger partial charge >= 0.3 is 18.1 Å². The van der Waals surface area contributed by atoms with Gasteiger partial charge in [-0.3, -0.25) is 10.1 Å². The lowest BCUT2D eigenvalue weighted by molar-refractivity contribution is -0.164. The second-order valence-corrected chi connectivity index (χ2v) is 11.2. The Kier molecular flexibility index (Phi) is 11.2. The molecule has 15 heteroatoms. The van der Waals surface area contributed by atoms with Crippen LogP contribution in [0.4, 0.5) is 9.59 Å². The van der Waals surface area contributed by atoms with Gasteiger partial charge in [0.2, 0.25) is 5.91 Å². The minimum Gasteiger partial charge on any atom is -0.457 e. The number of carbonyl (C=O) groups excluding carboxylic acids is 4. The van der Waals surface area contributed by atoms with Crippen molar-refractivity contribution in [2.45, 2.75) is 50.1 Å². The second kappa shape index (κ2) is 14.4. The molecule has 0 saturated carbocycles. The zero-order valence-corrected chi connectivity index (χ0v) is 23.8. The van der Waals surface area contributed by atoms with Crippen molar-refractivity contribution in [2.24, 2.45) is 17.0 Å². The Morgan fingerprint density at radius 3 is 2.54 bits per heavy atom. The van der Waals surface area contributed by atoms with Crippen LogP contribution in [0.3, 0.4) is 0 Å². The molecule has 3 aliphatic heterocycles. The molecule has 5 N–H and O–H groups in total. The first-order valence-corrected chi connectivity index (χ1v) is 14.1. The van der Waals surface area contributed by atoms with Gasteiger partial charge in [0.25, 0.3) is 0 Å². The highest BCUT2D eigenvalue weighted by Gasteiger charge is 2.60. The van der Waals surface area contributed by atoms with E-state index in [1.165, 1.54) is 33.7 Å². The van der Waals surface area contributed by atoms with E-state index < -0.39 is 42.2 Å². The lowest BCUT2D eigenvalue weighted by Gasteiger charge is -2.46. The lowest BCUT2D eigenvalue weighted by atomic mass is 9.79. The summed E-state index contributed by atoms with van der Waals surface area (Å²) < 4.78 is 10.5. The third-order valence-corrected chi connectivity index (χ3v) is 8.56. The van der Waals surface area contributed by atoms with Gasteiger partial charge in [0.05, 0.1) is 24.7 Å². The Morgan fingerprint density at radius 1 is 1.24 bits per heavy atom. The van der Waals surface area contributed by atoms with Crippen molar-refractivity contribution in [3.05, 3.63) is 35.9 Å². The van der Waals surface area contributed by atoms with Crippen LogP contribution < -0.4 is 10.6 Å². The third-order valence-electron chi connectivity index (χ3n) is 7.07. The van der Waals surface area contributed by atoms with E-state index in [0.29, 0.717) is 11.3 Å². The lowest BCUT2D eigenvalue weighted by Crippen LogP contribution is -2.63. The van der Waals surface area contributed by atoms with Gasteiger partial charge in [-0.15, -0.1) is 11.8 Å². The molecule has 2 fully saturated rings. The summed E-state index contributed by atoms with van der Waals surface area (Å²) in [4.78, 5) is 54.4. The van der Waals surface area contributed by atoms with E-state index in [1.54, 1.807) is 6.92 Å². The van der Waals surface area contributed by atoms with E-state index in [2.05, 4.69) is 28.9 Å². The largest absolute Gasteiger partial charge is 0.457 e. The standard InChI is InChI=1S/C26H37N5O9S/c1-5-9-39-24(35)21-22(14(3)20-19(15(4)33)23(34)31(20)21)41-17-11-16(30(13-17)26(37)40-10-6-2)12-18(29-38)28-25(36)27-7-8-32/h5-6,14-17,19-20,32-33,38H,1-2,7-13H2,3-4H3,(H2,27,28,29,36)/t14-,15-,16+,17+,19+,20-/m1/s1. The molecule has 226 valence electrons. The normalized spacial score (nSPS) is 26.2. The molecule has 3 aliphatic rings. The molecule has 0 aromatic heterocycles. The van der Waals surface area contributed by atoms with Crippen LogP contribution >= 0.6 is 11.8 Å². The predicted octanol–water partition coefficient (Wildman–Crippen LogP) is 0.753. The number of carbonyl (C=O) groups is 4. The number of amidine groups is 1. The average molecular weight is 596 g/mol. The van der Waals surface area contributed by atoms with Crippen molar-refractivity contribution in [2.75, 3.05) is 32.9 Å². The van der Waals surface area contributed by atoms with E-state index in [9.17, 15) is 29.5 Å². The number of oxime groups is 1. The molecule has 0 radical (unpaired) electrons. The summed E-state index contributed by atoms with van der Waals surface area (Å²) >= 11 is 1.34. The molecule has 2 saturated heterocycles. The number of nitrogens with one attached hydrogen (secondary N) is 2. The van der Waals surface area contributed by atoms with Gasteiger partial charge in [0, 0.05) is 41.6 Å². The van der Waals surface area contributed by atoms with Crippen molar-refractivity contribution in [3.63, 3.8) is 0 Å². The molecular weight excluding hydrogens is 558 g/mol. The van der Waals surface area contributed by atoms with E-state index in [0.717, 1.165) is 0 Å². The van der Waals surface area contributed by atoms with Gasteiger partial charge in [-0.1, -0.05) is 37.4 Å². The number of likely N-dealkylation sites (tertiary alicyclic amines) is 1. The number of aliphatic hydroxyl groups is 2. The van der Waals surface area contributed by atoms with Crippen LogP contribution in [0.5, 0.6) is 0 Å².